The second-order valence-electron chi connectivity index (χ2n) is 6.36. The summed E-state index contributed by atoms with van der Waals surface area (Å²) >= 11 is 3.49. The summed E-state index contributed by atoms with van der Waals surface area (Å²) in [6, 6.07) is 6.01. The van der Waals surface area contributed by atoms with Gasteiger partial charge in [-0.15, -0.1) is 0 Å². The standard InChI is InChI=1S/C16H22BrNO3/c1-16(2,3)21-15(19)18(4)14-12-7-6-11(17)8-10(12)9-13(14)20-5/h6-8,13-14H,9H2,1-5H3/t13-,14+/m1/s1. The van der Waals surface area contributed by atoms with Gasteiger partial charge in [0.15, 0.2) is 0 Å². The van der Waals surface area contributed by atoms with Crippen LogP contribution < -0.4 is 0 Å². The van der Waals surface area contributed by atoms with Gasteiger partial charge >= 0.3 is 6.09 Å². The van der Waals surface area contributed by atoms with Crippen LogP contribution in [-0.4, -0.2) is 36.9 Å². The van der Waals surface area contributed by atoms with Gasteiger partial charge in [-0.3, -0.25) is 0 Å². The molecule has 0 heterocycles. The largest absolute Gasteiger partial charge is 0.444 e. The van der Waals surface area contributed by atoms with E-state index in [-0.39, 0.29) is 18.2 Å². The van der Waals surface area contributed by atoms with Gasteiger partial charge in [-0.2, -0.15) is 0 Å². The summed E-state index contributed by atoms with van der Waals surface area (Å²) in [7, 11) is 3.45. The maximum Gasteiger partial charge on any atom is 0.410 e. The van der Waals surface area contributed by atoms with Gasteiger partial charge in [0, 0.05) is 25.1 Å². The molecule has 0 N–H and O–H groups in total. The Morgan fingerprint density at radius 3 is 2.62 bits per heavy atom. The molecule has 1 amide bonds. The first kappa shape index (κ1) is 16.3. The molecule has 2 atom stereocenters. The molecule has 5 heteroatoms. The first-order valence-corrected chi connectivity index (χ1v) is 7.79. The predicted molar refractivity (Wildman–Crippen MR) is 85.4 cm³/mol. The quantitative estimate of drug-likeness (QED) is 0.806. The van der Waals surface area contributed by atoms with Gasteiger partial charge in [0.1, 0.15) is 5.60 Å². The van der Waals surface area contributed by atoms with Crippen molar-refractivity contribution in [1.29, 1.82) is 0 Å². The molecule has 1 aromatic rings. The fourth-order valence-electron chi connectivity index (χ4n) is 2.69. The minimum absolute atomic E-state index is 0.0492. The second-order valence-corrected chi connectivity index (χ2v) is 7.27. The molecule has 0 bridgehead atoms. The molecular weight excluding hydrogens is 334 g/mol. The van der Waals surface area contributed by atoms with E-state index in [1.165, 1.54) is 5.56 Å². The Morgan fingerprint density at radius 2 is 2.05 bits per heavy atom. The maximum atomic E-state index is 12.3. The molecule has 0 aromatic heterocycles. The third kappa shape index (κ3) is 3.58. The summed E-state index contributed by atoms with van der Waals surface area (Å²) in [6.45, 7) is 5.60. The van der Waals surface area contributed by atoms with Crippen LogP contribution in [0.15, 0.2) is 22.7 Å². The molecule has 116 valence electrons. The van der Waals surface area contributed by atoms with E-state index in [1.54, 1.807) is 19.1 Å². The first-order valence-electron chi connectivity index (χ1n) is 7.00. The third-order valence-electron chi connectivity index (χ3n) is 3.60. The topological polar surface area (TPSA) is 38.8 Å². The highest BCUT2D eigenvalue weighted by atomic mass is 79.9. The van der Waals surface area contributed by atoms with E-state index < -0.39 is 5.60 Å². The molecular formula is C16H22BrNO3. The zero-order valence-corrected chi connectivity index (χ0v) is 14.7. The molecule has 1 aromatic carbocycles. The average Bonchev–Trinajstić information content (AvgIpc) is 2.73. The predicted octanol–water partition coefficient (Wildman–Crippen LogP) is 3.93. The Hall–Kier alpha value is -1.07. The highest BCUT2D eigenvalue weighted by molar-refractivity contribution is 9.10. The summed E-state index contributed by atoms with van der Waals surface area (Å²) in [5.74, 6) is 0. The number of benzene rings is 1. The number of likely N-dealkylation sites (N-methyl/N-ethyl adjacent to an activating group) is 1. The SMILES string of the molecule is CO[C@@H]1Cc2cc(Br)ccc2[C@@H]1N(C)C(=O)OC(C)(C)C. The molecule has 21 heavy (non-hydrogen) atoms. The number of rotatable bonds is 2. The lowest BCUT2D eigenvalue weighted by molar-refractivity contribution is -0.00471. The second kappa shape index (κ2) is 5.97. The fourth-order valence-corrected chi connectivity index (χ4v) is 3.09. The van der Waals surface area contributed by atoms with Gasteiger partial charge in [0.2, 0.25) is 0 Å². The van der Waals surface area contributed by atoms with E-state index in [4.69, 9.17) is 9.47 Å². The van der Waals surface area contributed by atoms with Crippen molar-refractivity contribution >= 4 is 22.0 Å². The zero-order valence-electron chi connectivity index (χ0n) is 13.1. The van der Waals surface area contributed by atoms with Crippen LogP contribution in [0.1, 0.15) is 37.9 Å². The van der Waals surface area contributed by atoms with Crippen molar-refractivity contribution in [3.05, 3.63) is 33.8 Å². The van der Waals surface area contributed by atoms with Crippen molar-refractivity contribution in [3.63, 3.8) is 0 Å². The zero-order chi connectivity index (χ0) is 15.8. The fraction of sp³-hybridized carbons (Fsp3) is 0.562. The number of amides is 1. The molecule has 0 fully saturated rings. The number of methoxy groups -OCH3 is 1. The molecule has 0 saturated carbocycles. The minimum Gasteiger partial charge on any atom is -0.444 e. The first-order chi connectivity index (χ1) is 9.73. The molecule has 0 unspecified atom stereocenters. The normalized spacial score (nSPS) is 21.0. The number of halogens is 1. The van der Waals surface area contributed by atoms with Crippen molar-refractivity contribution in [2.24, 2.45) is 0 Å². The molecule has 0 aliphatic heterocycles. The number of hydrogen-bond acceptors (Lipinski definition) is 3. The van der Waals surface area contributed by atoms with Crippen LogP contribution in [0.5, 0.6) is 0 Å². The van der Waals surface area contributed by atoms with Crippen LogP contribution in [0.3, 0.4) is 0 Å². The van der Waals surface area contributed by atoms with Crippen LogP contribution in [-0.2, 0) is 15.9 Å². The van der Waals surface area contributed by atoms with E-state index >= 15 is 0 Å². The van der Waals surface area contributed by atoms with Gasteiger partial charge in [-0.05, 0) is 44.0 Å². The molecule has 1 aliphatic carbocycles. The molecule has 0 spiro atoms. The molecule has 1 aliphatic rings. The lowest BCUT2D eigenvalue weighted by Crippen LogP contribution is -2.40. The van der Waals surface area contributed by atoms with Crippen LogP contribution in [0.2, 0.25) is 0 Å². The molecule has 0 radical (unpaired) electrons. The maximum absolute atomic E-state index is 12.3. The number of carbonyl (C=O) groups excluding carboxylic acids is 1. The van der Waals surface area contributed by atoms with Gasteiger partial charge in [-0.1, -0.05) is 22.0 Å². The minimum atomic E-state index is -0.505. The van der Waals surface area contributed by atoms with Crippen LogP contribution in [0.25, 0.3) is 0 Å². The van der Waals surface area contributed by atoms with Crippen LogP contribution in [0.4, 0.5) is 4.79 Å². The summed E-state index contributed by atoms with van der Waals surface area (Å²) in [5.41, 5.74) is 1.82. The summed E-state index contributed by atoms with van der Waals surface area (Å²) in [5, 5.41) is 0. The number of fused-ring (bicyclic) bond motifs is 1. The Morgan fingerprint density at radius 1 is 1.38 bits per heavy atom. The number of carbonyl (C=O) groups is 1. The van der Waals surface area contributed by atoms with Crippen LogP contribution in [0, 0.1) is 0 Å². The van der Waals surface area contributed by atoms with E-state index in [1.807, 2.05) is 32.9 Å². The molecule has 4 nitrogen and oxygen atoms in total. The monoisotopic (exact) mass is 355 g/mol. The van der Waals surface area contributed by atoms with E-state index in [9.17, 15) is 4.79 Å². The highest BCUT2D eigenvalue weighted by Gasteiger charge is 2.38. The summed E-state index contributed by atoms with van der Waals surface area (Å²) in [4.78, 5) is 14.0. The van der Waals surface area contributed by atoms with Crippen LogP contribution >= 0.6 is 15.9 Å². The average molecular weight is 356 g/mol. The Bertz CT molecular complexity index is 539. The number of ether oxygens (including phenoxy) is 2. The smallest absolute Gasteiger partial charge is 0.410 e. The van der Waals surface area contributed by atoms with Crippen molar-refractivity contribution in [3.8, 4) is 0 Å². The molecule has 2 rings (SSSR count). The van der Waals surface area contributed by atoms with Gasteiger partial charge < -0.3 is 14.4 Å². The van der Waals surface area contributed by atoms with E-state index in [0.717, 1.165) is 16.5 Å². The third-order valence-corrected chi connectivity index (χ3v) is 4.09. The van der Waals surface area contributed by atoms with Crippen molar-refractivity contribution in [2.75, 3.05) is 14.2 Å². The number of hydrogen-bond donors (Lipinski definition) is 0. The lowest BCUT2D eigenvalue weighted by atomic mass is 10.1. The van der Waals surface area contributed by atoms with Crippen molar-refractivity contribution in [2.45, 2.75) is 44.9 Å². The Labute approximate surface area is 134 Å². The van der Waals surface area contributed by atoms with Gasteiger partial charge in [0.05, 0.1) is 12.1 Å². The Kier molecular flexibility index (Phi) is 4.63. The summed E-state index contributed by atoms with van der Waals surface area (Å²) in [6.07, 6.45) is 0.417. The van der Waals surface area contributed by atoms with Crippen molar-refractivity contribution < 1.29 is 14.3 Å². The van der Waals surface area contributed by atoms with Gasteiger partial charge in [-0.25, -0.2) is 4.79 Å². The van der Waals surface area contributed by atoms with Gasteiger partial charge in [0.25, 0.3) is 0 Å². The van der Waals surface area contributed by atoms with E-state index in [0.29, 0.717) is 0 Å². The Balaban J connectivity index is 2.27. The summed E-state index contributed by atoms with van der Waals surface area (Å²) < 4.78 is 12.1. The molecule has 0 saturated heterocycles. The number of nitrogens with zero attached hydrogens (tertiary/aromatic N) is 1. The van der Waals surface area contributed by atoms with Crippen molar-refractivity contribution in [1.82, 2.24) is 4.90 Å². The van der Waals surface area contributed by atoms with E-state index in [2.05, 4.69) is 22.0 Å². The lowest BCUT2D eigenvalue weighted by Gasteiger charge is -2.31. The highest BCUT2D eigenvalue weighted by Crippen LogP contribution is 2.38.